The number of carbonyl (C=O) groups excluding carboxylic acids is 1. The summed E-state index contributed by atoms with van der Waals surface area (Å²) in [4.78, 5) is 17.6. The number of hydrogen-bond donors (Lipinski definition) is 1. The largest absolute Gasteiger partial charge is 0.464 e. The van der Waals surface area contributed by atoms with Gasteiger partial charge in [0.2, 0.25) is 0 Å². The maximum Gasteiger partial charge on any atom is 0.279 e. The highest BCUT2D eigenvalue weighted by Crippen LogP contribution is 2.36. The molecule has 2 fully saturated rings. The van der Waals surface area contributed by atoms with E-state index in [0.717, 1.165) is 43.4 Å². The van der Waals surface area contributed by atoms with Gasteiger partial charge in [-0.25, -0.2) is 8.42 Å². The van der Waals surface area contributed by atoms with Crippen molar-refractivity contribution in [1.29, 1.82) is 0 Å². The van der Waals surface area contributed by atoms with E-state index in [1.54, 1.807) is 0 Å². The number of carbonyl (C=O) groups is 1. The van der Waals surface area contributed by atoms with E-state index in [4.69, 9.17) is 14.5 Å². The number of aliphatic imine (C=N–C) groups is 1. The Morgan fingerprint density at radius 1 is 1.12 bits per heavy atom. The summed E-state index contributed by atoms with van der Waals surface area (Å²) >= 11 is 0. The summed E-state index contributed by atoms with van der Waals surface area (Å²) in [6.45, 7) is 0.421. The number of amidine groups is 1. The molecule has 0 bridgehead atoms. The number of amides is 1. The monoisotopic (exact) mass is 459 g/mol. The molecule has 0 atom stereocenters. The second-order valence-corrected chi connectivity index (χ2v) is 10.9. The van der Waals surface area contributed by atoms with E-state index in [1.807, 2.05) is 18.2 Å². The highest BCUT2D eigenvalue weighted by Gasteiger charge is 2.49. The molecule has 5 aliphatic rings. The Balaban J connectivity index is 1.26. The predicted molar refractivity (Wildman–Crippen MR) is 119 cm³/mol. The number of nitrogens with one attached hydrogen (secondary N) is 1. The first-order valence-electron chi connectivity index (χ1n) is 11.5. The first kappa shape index (κ1) is 21.5. The van der Waals surface area contributed by atoms with Gasteiger partial charge in [-0.1, -0.05) is 37.5 Å². The summed E-state index contributed by atoms with van der Waals surface area (Å²) in [5.41, 5.74) is 0.0552. The topological polar surface area (TPSA) is 97.3 Å². The van der Waals surface area contributed by atoms with Crippen molar-refractivity contribution < 1.29 is 22.7 Å². The quantitative estimate of drug-likeness (QED) is 0.696. The number of rotatable bonds is 4. The van der Waals surface area contributed by atoms with Crippen molar-refractivity contribution in [1.82, 2.24) is 9.62 Å². The molecule has 0 aromatic carbocycles. The standard InChI is InChI=1S/C23H29N3O5S/c27-22-23(25-21(24-22)18-9-5-2-6-10-18)11-13-26(14-12-23)32(28,29)20-16-30-15-19(31-20)17-7-3-1-4-8-17/h1,3,7,15-16,18H,2,4-6,8-14H2,(H,24,25,27). The lowest BCUT2D eigenvalue weighted by atomic mass is 9.88. The van der Waals surface area contributed by atoms with E-state index < -0.39 is 15.6 Å². The SMILES string of the molecule is O=C1NC(C2CCCCC2)=NC12CCN(S(=O)(=O)C1=COC=C(C3=CC=CCC3)O1)CC2. The van der Waals surface area contributed by atoms with Crippen LogP contribution in [0.1, 0.15) is 57.8 Å². The average molecular weight is 460 g/mol. The summed E-state index contributed by atoms with van der Waals surface area (Å²) in [5.74, 6) is 1.46. The van der Waals surface area contributed by atoms with E-state index in [2.05, 4.69) is 5.32 Å². The molecule has 2 aliphatic carbocycles. The van der Waals surface area contributed by atoms with E-state index in [0.29, 0.717) is 24.5 Å². The van der Waals surface area contributed by atoms with Crippen molar-refractivity contribution in [3.8, 4) is 0 Å². The second-order valence-electron chi connectivity index (χ2n) is 9.04. The van der Waals surface area contributed by atoms with Gasteiger partial charge in [0.05, 0.1) is 0 Å². The van der Waals surface area contributed by atoms with Gasteiger partial charge in [-0.3, -0.25) is 9.79 Å². The van der Waals surface area contributed by atoms with Gasteiger partial charge in [0, 0.05) is 19.0 Å². The van der Waals surface area contributed by atoms with Crippen LogP contribution in [0.3, 0.4) is 0 Å². The van der Waals surface area contributed by atoms with Crippen LogP contribution < -0.4 is 5.32 Å². The van der Waals surface area contributed by atoms with Gasteiger partial charge >= 0.3 is 0 Å². The van der Waals surface area contributed by atoms with Crippen LogP contribution in [-0.4, -0.2) is 43.1 Å². The van der Waals surface area contributed by atoms with Crippen LogP contribution in [-0.2, 0) is 24.3 Å². The smallest absolute Gasteiger partial charge is 0.279 e. The molecule has 0 aromatic heterocycles. The molecule has 5 rings (SSSR count). The number of nitrogens with zero attached hydrogens (tertiary/aromatic N) is 2. The molecule has 172 valence electrons. The van der Waals surface area contributed by atoms with Crippen molar-refractivity contribution >= 4 is 21.8 Å². The van der Waals surface area contributed by atoms with E-state index >= 15 is 0 Å². The number of piperidine rings is 1. The fourth-order valence-electron chi connectivity index (χ4n) is 5.04. The third-order valence-electron chi connectivity index (χ3n) is 7.01. The first-order valence-corrected chi connectivity index (χ1v) is 12.9. The lowest BCUT2D eigenvalue weighted by molar-refractivity contribution is -0.125. The highest BCUT2D eigenvalue weighted by molar-refractivity contribution is 7.92. The Hall–Kier alpha value is -2.39. The van der Waals surface area contributed by atoms with Gasteiger partial charge in [-0.05, 0) is 44.1 Å². The van der Waals surface area contributed by atoms with Crippen LogP contribution in [0.15, 0.2) is 52.2 Å². The summed E-state index contributed by atoms with van der Waals surface area (Å²) in [7, 11) is -3.87. The van der Waals surface area contributed by atoms with Crippen LogP contribution in [0.4, 0.5) is 0 Å². The summed E-state index contributed by atoms with van der Waals surface area (Å²) in [6, 6.07) is 0. The minimum atomic E-state index is -3.87. The van der Waals surface area contributed by atoms with Crippen LogP contribution in [0.5, 0.6) is 0 Å². The molecular formula is C23H29N3O5S. The minimum Gasteiger partial charge on any atom is -0.464 e. The van der Waals surface area contributed by atoms with Crippen LogP contribution in [0.25, 0.3) is 0 Å². The highest BCUT2D eigenvalue weighted by atomic mass is 32.2. The van der Waals surface area contributed by atoms with Gasteiger partial charge in [0.15, 0.2) is 5.76 Å². The number of hydrogen-bond acceptors (Lipinski definition) is 6. The molecule has 0 aromatic rings. The minimum absolute atomic E-state index is 0.0888. The molecule has 0 unspecified atom stereocenters. The Morgan fingerprint density at radius 2 is 1.91 bits per heavy atom. The molecule has 3 heterocycles. The van der Waals surface area contributed by atoms with Crippen molar-refractivity contribution in [2.75, 3.05) is 13.1 Å². The molecule has 0 radical (unpaired) electrons. The van der Waals surface area contributed by atoms with Crippen molar-refractivity contribution in [3.63, 3.8) is 0 Å². The van der Waals surface area contributed by atoms with Crippen molar-refractivity contribution in [3.05, 3.63) is 47.2 Å². The lowest BCUT2D eigenvalue weighted by Crippen LogP contribution is -2.50. The van der Waals surface area contributed by atoms with Gasteiger partial charge in [0.1, 0.15) is 23.9 Å². The fourth-order valence-corrected chi connectivity index (χ4v) is 6.33. The normalized spacial score (nSPS) is 26.4. The number of sulfonamides is 1. The van der Waals surface area contributed by atoms with E-state index in [-0.39, 0.29) is 24.1 Å². The number of allylic oxidation sites excluding steroid dienone is 4. The molecule has 3 aliphatic heterocycles. The second kappa shape index (κ2) is 8.51. The third-order valence-corrected chi connectivity index (χ3v) is 8.75. The molecule has 1 N–H and O–H groups in total. The summed E-state index contributed by atoms with van der Waals surface area (Å²) in [6.07, 6.45) is 16.5. The van der Waals surface area contributed by atoms with Gasteiger partial charge < -0.3 is 14.8 Å². The average Bonchev–Trinajstić information content (AvgIpc) is 3.16. The molecular weight excluding hydrogens is 430 g/mol. The third kappa shape index (κ3) is 3.92. The summed E-state index contributed by atoms with van der Waals surface area (Å²) < 4.78 is 38.9. The Morgan fingerprint density at radius 3 is 2.62 bits per heavy atom. The predicted octanol–water partition coefficient (Wildman–Crippen LogP) is 3.22. The zero-order chi connectivity index (χ0) is 22.2. The zero-order valence-electron chi connectivity index (χ0n) is 18.1. The Kier molecular flexibility index (Phi) is 5.71. The first-order chi connectivity index (χ1) is 15.5. The van der Waals surface area contributed by atoms with E-state index in [9.17, 15) is 13.2 Å². The van der Waals surface area contributed by atoms with Crippen LogP contribution >= 0.6 is 0 Å². The van der Waals surface area contributed by atoms with Crippen molar-refractivity contribution in [2.24, 2.45) is 10.9 Å². The van der Waals surface area contributed by atoms with Gasteiger partial charge in [-0.2, -0.15) is 4.31 Å². The maximum absolute atomic E-state index is 13.2. The molecule has 1 spiro atoms. The van der Waals surface area contributed by atoms with Crippen molar-refractivity contribution in [2.45, 2.75) is 63.3 Å². The van der Waals surface area contributed by atoms with Crippen LogP contribution in [0, 0.1) is 5.92 Å². The molecule has 1 saturated heterocycles. The zero-order valence-corrected chi connectivity index (χ0v) is 18.9. The molecule has 1 saturated carbocycles. The summed E-state index contributed by atoms with van der Waals surface area (Å²) in [5, 5.41) is 2.79. The Bertz CT molecular complexity index is 1040. The lowest BCUT2D eigenvalue weighted by Gasteiger charge is -2.35. The number of ether oxygens (including phenoxy) is 2. The maximum atomic E-state index is 13.2. The molecule has 32 heavy (non-hydrogen) atoms. The van der Waals surface area contributed by atoms with Gasteiger partial charge in [-0.15, -0.1) is 0 Å². The van der Waals surface area contributed by atoms with Crippen LogP contribution in [0.2, 0.25) is 0 Å². The molecule has 9 heteroatoms. The molecule has 1 amide bonds. The Labute approximate surface area is 188 Å². The molecule has 8 nitrogen and oxygen atoms in total. The van der Waals surface area contributed by atoms with E-state index in [1.165, 1.54) is 29.8 Å². The van der Waals surface area contributed by atoms with Gasteiger partial charge in [0.25, 0.3) is 21.0 Å². The fraction of sp³-hybridized carbons (Fsp3) is 0.565.